The van der Waals surface area contributed by atoms with E-state index in [-0.39, 0.29) is 25.2 Å². The van der Waals surface area contributed by atoms with Gasteiger partial charge in [0, 0.05) is 44.4 Å². The van der Waals surface area contributed by atoms with E-state index >= 15 is 0 Å². The van der Waals surface area contributed by atoms with Crippen LogP contribution in [0.4, 0.5) is 10.5 Å². The number of guanidine groups is 1. The number of carbonyl (C=O) groups is 3. The van der Waals surface area contributed by atoms with E-state index in [1.54, 1.807) is 18.7 Å². The second-order valence-electron chi connectivity index (χ2n) is 11.8. The fourth-order valence-electron chi connectivity index (χ4n) is 5.60. The number of Topliss-reactive ketones (excluding diaryl/α,β-unsaturated/α-hetero) is 1. The molecule has 3 heterocycles. The molecule has 0 spiro atoms. The lowest BCUT2D eigenvalue weighted by Crippen LogP contribution is -2.39. The average Bonchev–Trinajstić information content (AvgIpc) is 3.73. The van der Waals surface area contributed by atoms with Crippen molar-refractivity contribution in [2.75, 3.05) is 38.4 Å². The molecule has 0 bridgehead atoms. The highest BCUT2D eigenvalue weighted by molar-refractivity contribution is 9.10. The molecule has 2 atom stereocenters. The number of rotatable bonds is 19. The molecule has 2 aromatic heterocycles. The molecule has 1 amide bonds. The van der Waals surface area contributed by atoms with Crippen molar-refractivity contribution >= 4 is 56.5 Å². The van der Waals surface area contributed by atoms with Gasteiger partial charge in [0.2, 0.25) is 5.96 Å². The standard InChI is InChI=1S/C34H46BrN7O6/c1-4-6-7-8-11-29(43)25(5-2)26(20-24-21-41(3)22-39-24)32(44)47-19-10-9-18-46-23-48-34(45)42-17-16-38-33(42)40-27-12-13-28-31(30(27)35)37-15-14-36-28/h12-15,21-22,25-26H,4-11,16-20,23H2,1-3H3,(H,38,40). The summed E-state index contributed by atoms with van der Waals surface area (Å²) < 4.78 is 19.0. The van der Waals surface area contributed by atoms with Gasteiger partial charge in [-0.25, -0.2) is 14.7 Å². The summed E-state index contributed by atoms with van der Waals surface area (Å²) in [5.41, 5.74) is 2.89. The summed E-state index contributed by atoms with van der Waals surface area (Å²) in [6, 6.07) is 3.67. The second kappa shape index (κ2) is 19.2. The van der Waals surface area contributed by atoms with Gasteiger partial charge in [0.25, 0.3) is 0 Å². The summed E-state index contributed by atoms with van der Waals surface area (Å²) in [6.07, 6.45) is 12.9. The maximum Gasteiger partial charge on any atom is 0.418 e. The zero-order valence-electron chi connectivity index (χ0n) is 28.0. The maximum atomic E-state index is 13.3. The first-order valence-corrected chi connectivity index (χ1v) is 17.5. The van der Waals surface area contributed by atoms with E-state index in [9.17, 15) is 14.4 Å². The van der Waals surface area contributed by atoms with Gasteiger partial charge in [-0.1, -0.05) is 33.1 Å². The zero-order chi connectivity index (χ0) is 34.3. The Morgan fingerprint density at radius 2 is 1.79 bits per heavy atom. The Balaban J connectivity index is 1.17. The fourth-order valence-corrected chi connectivity index (χ4v) is 6.14. The number of unbranched alkanes of at least 4 members (excludes halogenated alkanes) is 4. The Bertz CT molecular complexity index is 1550. The number of hydrogen-bond donors (Lipinski definition) is 1. The Hall–Kier alpha value is -3.91. The van der Waals surface area contributed by atoms with Crippen LogP contribution in [0.5, 0.6) is 0 Å². The third-order valence-corrected chi connectivity index (χ3v) is 8.99. The van der Waals surface area contributed by atoms with E-state index in [1.165, 1.54) is 4.90 Å². The average molecular weight is 729 g/mol. The van der Waals surface area contributed by atoms with E-state index in [0.29, 0.717) is 73.4 Å². The Morgan fingerprint density at radius 3 is 2.56 bits per heavy atom. The van der Waals surface area contributed by atoms with Crippen molar-refractivity contribution in [2.24, 2.45) is 23.9 Å². The van der Waals surface area contributed by atoms with Gasteiger partial charge in [-0.15, -0.1) is 0 Å². The number of aromatic nitrogens is 4. The highest BCUT2D eigenvalue weighted by Crippen LogP contribution is 2.30. The predicted molar refractivity (Wildman–Crippen MR) is 185 cm³/mol. The largest absolute Gasteiger partial charge is 0.465 e. The zero-order valence-corrected chi connectivity index (χ0v) is 29.6. The summed E-state index contributed by atoms with van der Waals surface area (Å²) in [4.78, 5) is 58.0. The van der Waals surface area contributed by atoms with Crippen molar-refractivity contribution < 1.29 is 28.6 Å². The molecule has 1 aliphatic heterocycles. The predicted octanol–water partition coefficient (Wildman–Crippen LogP) is 6.07. The lowest BCUT2D eigenvalue weighted by Gasteiger charge is -2.23. The summed E-state index contributed by atoms with van der Waals surface area (Å²) in [5, 5.41) is 3.17. The van der Waals surface area contributed by atoms with Crippen LogP contribution >= 0.6 is 15.9 Å². The maximum absolute atomic E-state index is 13.3. The second-order valence-corrected chi connectivity index (χ2v) is 12.6. The molecule has 2 unspecified atom stereocenters. The lowest BCUT2D eigenvalue weighted by atomic mass is 9.82. The number of ketones is 1. The van der Waals surface area contributed by atoms with Crippen LogP contribution in [-0.4, -0.2) is 81.3 Å². The molecule has 3 aromatic rings. The fraction of sp³-hybridized carbons (Fsp3) is 0.559. The number of carbonyl (C=O) groups excluding carboxylic acids is 3. The molecule has 0 saturated carbocycles. The molecule has 0 aliphatic carbocycles. The minimum atomic E-state index is -0.580. The molecule has 48 heavy (non-hydrogen) atoms. The van der Waals surface area contributed by atoms with Crippen LogP contribution in [0.15, 0.2) is 46.5 Å². The van der Waals surface area contributed by atoms with E-state index in [4.69, 9.17) is 14.2 Å². The first kappa shape index (κ1) is 36.9. The van der Waals surface area contributed by atoms with E-state index < -0.39 is 17.9 Å². The van der Waals surface area contributed by atoms with Gasteiger partial charge in [0.1, 0.15) is 11.3 Å². The highest BCUT2D eigenvalue weighted by Gasteiger charge is 2.34. The van der Waals surface area contributed by atoms with Crippen molar-refractivity contribution in [3.8, 4) is 0 Å². The summed E-state index contributed by atoms with van der Waals surface area (Å²) in [5.74, 6) is -0.864. The van der Waals surface area contributed by atoms with E-state index in [1.807, 2.05) is 36.9 Å². The van der Waals surface area contributed by atoms with Crippen LogP contribution in [0.25, 0.3) is 11.0 Å². The number of benzene rings is 1. The SMILES string of the molecule is CCCCCCC(=O)C(CC)C(Cc1cn(C)cn1)C(=O)OCCCCOCOC(=O)N1CCN=C1Nc1ccc2nccnc2c1Br. The van der Waals surface area contributed by atoms with E-state index in [0.717, 1.165) is 36.9 Å². The molecule has 0 saturated heterocycles. The van der Waals surface area contributed by atoms with Crippen molar-refractivity contribution in [2.45, 2.75) is 71.6 Å². The Kier molecular flexibility index (Phi) is 14.8. The number of anilines is 1. The van der Waals surface area contributed by atoms with Gasteiger partial charge >= 0.3 is 12.1 Å². The summed E-state index contributed by atoms with van der Waals surface area (Å²) in [6.45, 7) is 5.21. The molecule has 14 heteroatoms. The highest BCUT2D eigenvalue weighted by atomic mass is 79.9. The molecule has 1 aromatic carbocycles. The number of amides is 1. The number of nitrogens with zero attached hydrogens (tertiary/aromatic N) is 6. The first-order valence-electron chi connectivity index (χ1n) is 16.7. The molecule has 0 radical (unpaired) electrons. The van der Waals surface area contributed by atoms with Crippen molar-refractivity contribution in [3.63, 3.8) is 0 Å². The number of aliphatic imine (C=N–C) groups is 1. The topological polar surface area (TPSA) is 150 Å². The van der Waals surface area contributed by atoms with Crippen molar-refractivity contribution in [3.05, 3.63) is 47.2 Å². The molecular weight excluding hydrogens is 682 g/mol. The molecule has 4 rings (SSSR count). The van der Waals surface area contributed by atoms with Gasteiger partial charge in [-0.05, 0) is 53.7 Å². The molecular formula is C34H46BrN7O6. The quantitative estimate of drug-likeness (QED) is 0.0876. The van der Waals surface area contributed by atoms with Crippen molar-refractivity contribution in [1.82, 2.24) is 24.4 Å². The van der Waals surface area contributed by atoms with Gasteiger partial charge < -0.3 is 24.1 Å². The number of nitrogens with one attached hydrogen (secondary N) is 1. The van der Waals surface area contributed by atoms with Gasteiger partial charge in [0.05, 0.1) is 59.9 Å². The van der Waals surface area contributed by atoms with Crippen LogP contribution in [0.3, 0.4) is 0 Å². The minimum Gasteiger partial charge on any atom is -0.465 e. The number of aryl methyl sites for hydroxylation is 1. The lowest BCUT2D eigenvalue weighted by molar-refractivity contribution is -0.153. The normalized spacial score (nSPS) is 14.1. The monoisotopic (exact) mass is 727 g/mol. The Morgan fingerprint density at radius 1 is 0.979 bits per heavy atom. The molecule has 0 fully saturated rings. The number of imidazole rings is 1. The third kappa shape index (κ3) is 10.5. The number of esters is 1. The minimum absolute atomic E-state index is 0.119. The van der Waals surface area contributed by atoms with Crippen molar-refractivity contribution in [1.29, 1.82) is 0 Å². The van der Waals surface area contributed by atoms with Crippen LogP contribution in [-0.2, 0) is 37.3 Å². The number of hydrogen-bond acceptors (Lipinski definition) is 11. The van der Waals surface area contributed by atoms with Crippen LogP contribution < -0.4 is 5.32 Å². The van der Waals surface area contributed by atoms with Crippen LogP contribution in [0.2, 0.25) is 0 Å². The van der Waals surface area contributed by atoms with Crippen LogP contribution in [0, 0.1) is 11.8 Å². The first-order chi connectivity index (χ1) is 23.3. The van der Waals surface area contributed by atoms with Gasteiger partial charge in [-0.2, -0.15) is 0 Å². The summed E-state index contributed by atoms with van der Waals surface area (Å²) in [7, 11) is 1.88. The molecule has 1 aliphatic rings. The number of halogens is 1. The van der Waals surface area contributed by atoms with Gasteiger partial charge in [-0.3, -0.25) is 24.5 Å². The molecule has 1 N–H and O–H groups in total. The Labute approximate surface area is 290 Å². The van der Waals surface area contributed by atoms with E-state index in [2.05, 4.69) is 48.1 Å². The number of ether oxygens (including phenoxy) is 3. The smallest absolute Gasteiger partial charge is 0.418 e. The molecule has 260 valence electrons. The summed E-state index contributed by atoms with van der Waals surface area (Å²) >= 11 is 3.56. The van der Waals surface area contributed by atoms with Crippen LogP contribution in [0.1, 0.15) is 70.9 Å². The number of fused-ring (bicyclic) bond motifs is 1. The molecule has 13 nitrogen and oxygen atoms in total. The van der Waals surface area contributed by atoms with Gasteiger partial charge in [0.15, 0.2) is 6.79 Å². The third-order valence-electron chi connectivity index (χ3n) is 8.19.